The van der Waals surface area contributed by atoms with Crippen LogP contribution in [0.25, 0.3) is 0 Å². The van der Waals surface area contributed by atoms with E-state index in [9.17, 15) is 13.2 Å². The van der Waals surface area contributed by atoms with Gasteiger partial charge in [0.25, 0.3) is 5.91 Å². The van der Waals surface area contributed by atoms with Crippen LogP contribution in [0.5, 0.6) is 0 Å². The van der Waals surface area contributed by atoms with Gasteiger partial charge in [-0.15, -0.1) is 0 Å². The molecule has 2 aliphatic heterocycles. The molecule has 5 rings (SSSR count). The fourth-order valence-corrected chi connectivity index (χ4v) is 6.32. The molecule has 0 radical (unpaired) electrons. The van der Waals surface area contributed by atoms with E-state index < -0.39 is 15.6 Å². The number of sulfonamides is 1. The molecule has 3 N–H and O–H groups in total. The van der Waals surface area contributed by atoms with Crippen molar-refractivity contribution >= 4 is 33.8 Å². The second-order valence-corrected chi connectivity index (χ2v) is 10.9. The number of guanidine groups is 1. The lowest BCUT2D eigenvalue weighted by molar-refractivity contribution is 0.0850. The quantitative estimate of drug-likeness (QED) is 0.541. The standard InChI is InChI=1S/C22H28N6O3S/c1-22(8-9-22)26-32(30,31)15-6-7-18-16(10-15)20(29)27(13-14(11-23)12-24-2)21-25-17-4-3-5-19(17)28(18)21/h6-7,10-12,17,19,23-24,26H,3-5,8-9,13H2,1-2H3/b14-12+,23-11?/t17-,19+/m0/s1. The minimum Gasteiger partial charge on any atom is -0.394 e. The zero-order valence-electron chi connectivity index (χ0n) is 18.3. The maximum atomic E-state index is 13.6. The Morgan fingerprint density at radius 2 is 2.12 bits per heavy atom. The van der Waals surface area contributed by atoms with E-state index in [1.165, 1.54) is 12.3 Å². The number of rotatable bonds is 7. The van der Waals surface area contributed by atoms with Gasteiger partial charge in [-0.3, -0.25) is 9.69 Å². The predicted octanol–water partition coefficient (Wildman–Crippen LogP) is 1.82. The molecule has 1 amide bonds. The largest absolute Gasteiger partial charge is 0.394 e. The first kappa shape index (κ1) is 21.1. The number of fused-ring (bicyclic) bond motifs is 5. The summed E-state index contributed by atoms with van der Waals surface area (Å²) in [4.78, 5) is 22.2. The summed E-state index contributed by atoms with van der Waals surface area (Å²) >= 11 is 0. The summed E-state index contributed by atoms with van der Waals surface area (Å²) in [6, 6.07) is 5.11. The van der Waals surface area contributed by atoms with Crippen molar-refractivity contribution in [3.05, 3.63) is 35.5 Å². The van der Waals surface area contributed by atoms with Gasteiger partial charge >= 0.3 is 0 Å². The summed E-state index contributed by atoms with van der Waals surface area (Å²) in [5.41, 5.74) is 1.29. The molecule has 170 valence electrons. The molecule has 4 aliphatic rings. The van der Waals surface area contributed by atoms with Crippen LogP contribution in [0.4, 0.5) is 5.69 Å². The lowest BCUT2D eigenvalue weighted by atomic mass is 10.0. The minimum absolute atomic E-state index is 0.0956. The molecule has 2 saturated carbocycles. The normalized spacial score (nSPS) is 25.8. The first-order chi connectivity index (χ1) is 15.3. The van der Waals surface area contributed by atoms with Crippen molar-refractivity contribution in [3.63, 3.8) is 0 Å². The number of carbonyl (C=O) groups excluding carboxylic acids is 1. The van der Waals surface area contributed by atoms with E-state index in [1.54, 1.807) is 30.3 Å². The fraction of sp³-hybridized carbons (Fsp3) is 0.500. The van der Waals surface area contributed by atoms with Crippen molar-refractivity contribution in [2.24, 2.45) is 4.99 Å². The van der Waals surface area contributed by atoms with Crippen molar-refractivity contribution in [3.8, 4) is 0 Å². The maximum absolute atomic E-state index is 13.6. The zero-order chi connectivity index (χ0) is 22.7. The molecule has 0 unspecified atom stereocenters. The molecule has 1 aromatic rings. The second kappa shape index (κ2) is 7.41. The molecule has 0 saturated heterocycles. The van der Waals surface area contributed by atoms with Crippen molar-refractivity contribution in [1.29, 1.82) is 5.41 Å². The van der Waals surface area contributed by atoms with Gasteiger partial charge in [-0.2, -0.15) is 0 Å². The monoisotopic (exact) mass is 456 g/mol. The highest BCUT2D eigenvalue weighted by Crippen LogP contribution is 2.42. The Kier molecular flexibility index (Phi) is 4.90. The van der Waals surface area contributed by atoms with E-state index in [0.29, 0.717) is 22.8 Å². The molecular formula is C22H28N6O3S. The molecule has 9 nitrogen and oxygen atoms in total. The fourth-order valence-electron chi connectivity index (χ4n) is 4.83. The lowest BCUT2D eigenvalue weighted by Crippen LogP contribution is -2.53. The van der Waals surface area contributed by atoms with Gasteiger partial charge in [-0.05, 0) is 57.2 Å². The van der Waals surface area contributed by atoms with Gasteiger partial charge in [-0.25, -0.2) is 18.1 Å². The summed E-state index contributed by atoms with van der Waals surface area (Å²) in [5, 5.41) is 10.6. The topological polar surface area (TPSA) is 118 Å². The molecule has 10 heteroatoms. The number of anilines is 1. The molecule has 32 heavy (non-hydrogen) atoms. The van der Waals surface area contributed by atoms with Gasteiger partial charge in [0.2, 0.25) is 16.0 Å². The molecule has 2 atom stereocenters. The van der Waals surface area contributed by atoms with E-state index >= 15 is 0 Å². The van der Waals surface area contributed by atoms with E-state index in [2.05, 4.69) is 14.9 Å². The van der Waals surface area contributed by atoms with E-state index in [4.69, 9.17) is 10.4 Å². The van der Waals surface area contributed by atoms with Crippen LogP contribution in [0.2, 0.25) is 0 Å². The summed E-state index contributed by atoms with van der Waals surface area (Å²) in [7, 11) is -1.99. The van der Waals surface area contributed by atoms with Crippen molar-refractivity contribution in [1.82, 2.24) is 14.9 Å². The van der Waals surface area contributed by atoms with Crippen molar-refractivity contribution < 1.29 is 13.2 Å². The average molecular weight is 457 g/mol. The van der Waals surface area contributed by atoms with Crippen LogP contribution < -0.4 is 14.9 Å². The van der Waals surface area contributed by atoms with E-state index in [1.807, 2.05) is 6.92 Å². The van der Waals surface area contributed by atoms with Gasteiger partial charge < -0.3 is 15.6 Å². The van der Waals surface area contributed by atoms with Crippen LogP contribution >= 0.6 is 0 Å². The Labute approximate surface area is 188 Å². The van der Waals surface area contributed by atoms with Crippen LogP contribution in [-0.4, -0.2) is 62.6 Å². The summed E-state index contributed by atoms with van der Waals surface area (Å²) in [5.74, 6) is 0.300. The molecule has 0 spiro atoms. The highest BCUT2D eigenvalue weighted by atomic mass is 32.2. The second-order valence-electron chi connectivity index (χ2n) is 9.25. The molecular weight excluding hydrogens is 428 g/mol. The van der Waals surface area contributed by atoms with Gasteiger partial charge in [0.15, 0.2) is 0 Å². The van der Waals surface area contributed by atoms with Crippen molar-refractivity contribution in [2.45, 2.75) is 61.5 Å². The lowest BCUT2D eigenvalue weighted by Gasteiger charge is -2.38. The summed E-state index contributed by atoms with van der Waals surface area (Å²) in [6.07, 6.45) is 7.53. The molecule has 0 bridgehead atoms. The number of nitrogens with zero attached hydrogens (tertiary/aromatic N) is 3. The molecule has 1 aromatic carbocycles. The van der Waals surface area contributed by atoms with E-state index in [-0.39, 0.29) is 29.4 Å². The predicted molar refractivity (Wildman–Crippen MR) is 123 cm³/mol. The molecule has 2 fully saturated rings. The third kappa shape index (κ3) is 3.41. The average Bonchev–Trinajstić information content (AvgIpc) is 3.14. The minimum atomic E-state index is -3.73. The van der Waals surface area contributed by atoms with Gasteiger partial charge in [0.05, 0.1) is 34.8 Å². The Hall–Kier alpha value is -2.72. The number of hydrogen-bond donors (Lipinski definition) is 3. The number of amides is 1. The van der Waals surface area contributed by atoms with Gasteiger partial charge in [0, 0.05) is 30.6 Å². The maximum Gasteiger partial charge on any atom is 0.263 e. The van der Waals surface area contributed by atoms with Crippen molar-refractivity contribution in [2.75, 3.05) is 18.5 Å². The number of benzene rings is 1. The van der Waals surface area contributed by atoms with Crippen LogP contribution in [-0.2, 0) is 10.0 Å². The first-order valence-corrected chi connectivity index (χ1v) is 12.5. The van der Waals surface area contributed by atoms with Crippen LogP contribution in [0, 0.1) is 5.41 Å². The van der Waals surface area contributed by atoms with Gasteiger partial charge in [0.1, 0.15) is 0 Å². The van der Waals surface area contributed by atoms with Crippen LogP contribution in [0.3, 0.4) is 0 Å². The smallest absolute Gasteiger partial charge is 0.263 e. The molecule has 0 aromatic heterocycles. The van der Waals surface area contributed by atoms with Crippen LogP contribution in [0.1, 0.15) is 49.4 Å². The first-order valence-electron chi connectivity index (χ1n) is 11.0. The Morgan fingerprint density at radius 1 is 1.34 bits per heavy atom. The summed E-state index contributed by atoms with van der Waals surface area (Å²) in [6.45, 7) is 2.07. The number of hydrogen-bond acceptors (Lipinski definition) is 7. The number of aliphatic imine (C=N–C) groups is 1. The van der Waals surface area contributed by atoms with Crippen LogP contribution in [0.15, 0.2) is 39.9 Å². The third-order valence-corrected chi connectivity index (χ3v) is 8.40. The highest BCUT2D eigenvalue weighted by molar-refractivity contribution is 7.89. The summed E-state index contributed by atoms with van der Waals surface area (Å²) < 4.78 is 28.7. The third-order valence-electron chi connectivity index (χ3n) is 6.76. The Bertz CT molecular complexity index is 1150. The van der Waals surface area contributed by atoms with E-state index in [0.717, 1.165) is 32.1 Å². The highest BCUT2D eigenvalue weighted by Gasteiger charge is 2.48. The Balaban J connectivity index is 1.58. The molecule has 2 aliphatic carbocycles. The number of nitrogens with one attached hydrogen (secondary N) is 3. The zero-order valence-corrected chi connectivity index (χ0v) is 19.1. The molecule has 2 heterocycles. The Morgan fingerprint density at radius 3 is 2.81 bits per heavy atom. The number of carbonyl (C=O) groups is 1. The van der Waals surface area contributed by atoms with Gasteiger partial charge in [-0.1, -0.05) is 0 Å². The SMILES string of the molecule is CN/C=C(\C=N)CN1C(=O)c2cc(S(=O)(=O)NC3(C)CC3)ccc2N2C1=N[C@H]1CCC[C@H]12.